The predicted octanol–water partition coefficient (Wildman–Crippen LogP) is 3.47. The monoisotopic (exact) mass is 430 g/mol. The Morgan fingerprint density at radius 1 is 0.969 bits per heavy atom. The van der Waals surface area contributed by atoms with Gasteiger partial charge in [0.2, 0.25) is 5.91 Å². The smallest absolute Gasteiger partial charge is 0.254 e. The first-order valence-electron chi connectivity index (χ1n) is 11.1. The van der Waals surface area contributed by atoms with Gasteiger partial charge in [-0.3, -0.25) is 9.59 Å². The molecular weight excluding hydrogens is 404 g/mol. The zero-order valence-electron chi connectivity index (χ0n) is 18.1. The standard InChI is InChI=1S/C24H26N6O2/c1-16-4-2-3-5-21(16)24(32)29-14-12-18(13-15-29)23(31)25-19-8-6-17(7-9-19)22-26-27-28-30(22)20-10-11-20/h2-9,18,20H,10-15H2,1H3,(H,25,31). The normalized spacial score (nSPS) is 16.7. The van der Waals surface area contributed by atoms with Gasteiger partial charge in [-0.2, -0.15) is 0 Å². The summed E-state index contributed by atoms with van der Waals surface area (Å²) in [6.45, 7) is 3.13. The Hall–Kier alpha value is -3.55. The lowest BCUT2D eigenvalue weighted by atomic mass is 9.95. The second-order valence-electron chi connectivity index (χ2n) is 8.63. The van der Waals surface area contributed by atoms with Gasteiger partial charge in [-0.25, -0.2) is 4.68 Å². The van der Waals surface area contributed by atoms with Crippen LogP contribution < -0.4 is 5.32 Å². The first-order chi connectivity index (χ1) is 15.6. The molecule has 1 aliphatic carbocycles. The number of tetrazole rings is 1. The van der Waals surface area contributed by atoms with Gasteiger partial charge in [0.1, 0.15) is 0 Å². The summed E-state index contributed by atoms with van der Waals surface area (Å²) in [5.41, 5.74) is 3.40. The Kier molecular flexibility index (Phi) is 5.43. The Morgan fingerprint density at radius 3 is 2.38 bits per heavy atom. The van der Waals surface area contributed by atoms with Gasteiger partial charge in [0.15, 0.2) is 5.82 Å². The van der Waals surface area contributed by atoms with E-state index in [4.69, 9.17) is 0 Å². The van der Waals surface area contributed by atoms with Crippen LogP contribution in [0.15, 0.2) is 48.5 Å². The molecule has 0 unspecified atom stereocenters. The zero-order valence-corrected chi connectivity index (χ0v) is 18.1. The lowest BCUT2D eigenvalue weighted by Gasteiger charge is -2.31. The number of amides is 2. The molecule has 8 heteroatoms. The number of carbonyl (C=O) groups is 2. The Morgan fingerprint density at radius 2 is 1.69 bits per heavy atom. The zero-order chi connectivity index (χ0) is 22.1. The van der Waals surface area contributed by atoms with Crippen LogP contribution in [-0.2, 0) is 4.79 Å². The first kappa shape index (κ1) is 20.4. The summed E-state index contributed by atoms with van der Waals surface area (Å²) in [6, 6.07) is 15.7. The number of hydrogen-bond acceptors (Lipinski definition) is 5. The summed E-state index contributed by atoms with van der Waals surface area (Å²) in [6.07, 6.45) is 3.55. The summed E-state index contributed by atoms with van der Waals surface area (Å²) in [5.74, 6) is 0.712. The van der Waals surface area contributed by atoms with Gasteiger partial charge in [0, 0.05) is 35.8 Å². The second-order valence-corrected chi connectivity index (χ2v) is 8.63. The van der Waals surface area contributed by atoms with Crippen molar-refractivity contribution >= 4 is 17.5 Å². The largest absolute Gasteiger partial charge is 0.339 e. The maximum absolute atomic E-state index is 12.8. The fraction of sp³-hybridized carbons (Fsp3) is 0.375. The summed E-state index contributed by atoms with van der Waals surface area (Å²) in [7, 11) is 0. The van der Waals surface area contributed by atoms with Gasteiger partial charge in [0.25, 0.3) is 5.91 Å². The fourth-order valence-corrected chi connectivity index (χ4v) is 4.22. The third-order valence-corrected chi connectivity index (χ3v) is 6.32. The predicted molar refractivity (Wildman–Crippen MR) is 120 cm³/mol. The van der Waals surface area contributed by atoms with Crippen LogP contribution in [0.25, 0.3) is 11.4 Å². The third kappa shape index (κ3) is 4.12. The van der Waals surface area contributed by atoms with Gasteiger partial charge < -0.3 is 10.2 Å². The van der Waals surface area contributed by atoms with Crippen molar-refractivity contribution in [2.24, 2.45) is 5.92 Å². The van der Waals surface area contributed by atoms with Crippen molar-refractivity contribution in [3.63, 3.8) is 0 Å². The number of hydrogen-bond donors (Lipinski definition) is 1. The average molecular weight is 431 g/mol. The van der Waals surface area contributed by atoms with Crippen LogP contribution in [0.5, 0.6) is 0 Å². The van der Waals surface area contributed by atoms with Crippen molar-refractivity contribution in [3.05, 3.63) is 59.7 Å². The van der Waals surface area contributed by atoms with Crippen molar-refractivity contribution in [2.75, 3.05) is 18.4 Å². The minimum atomic E-state index is -0.0993. The molecule has 1 N–H and O–H groups in total. The molecule has 1 aliphatic heterocycles. The summed E-state index contributed by atoms with van der Waals surface area (Å²) < 4.78 is 1.87. The number of nitrogens with one attached hydrogen (secondary N) is 1. The van der Waals surface area contributed by atoms with E-state index in [0.29, 0.717) is 32.0 Å². The lowest BCUT2D eigenvalue weighted by molar-refractivity contribution is -0.121. The molecule has 8 nitrogen and oxygen atoms in total. The van der Waals surface area contributed by atoms with Crippen molar-refractivity contribution in [1.29, 1.82) is 0 Å². The molecule has 1 aromatic heterocycles. The van der Waals surface area contributed by atoms with E-state index in [0.717, 1.165) is 41.0 Å². The second kappa shape index (κ2) is 8.53. The van der Waals surface area contributed by atoms with Gasteiger partial charge in [-0.05, 0) is 78.9 Å². The van der Waals surface area contributed by atoms with Crippen LogP contribution in [0.2, 0.25) is 0 Å². The highest BCUT2D eigenvalue weighted by Crippen LogP contribution is 2.36. The molecule has 1 saturated carbocycles. The van der Waals surface area contributed by atoms with Crippen molar-refractivity contribution in [3.8, 4) is 11.4 Å². The van der Waals surface area contributed by atoms with E-state index in [9.17, 15) is 9.59 Å². The molecule has 2 fully saturated rings. The van der Waals surface area contributed by atoms with E-state index >= 15 is 0 Å². The quantitative estimate of drug-likeness (QED) is 0.669. The van der Waals surface area contributed by atoms with Crippen LogP contribution in [0.1, 0.15) is 47.6 Å². The minimum Gasteiger partial charge on any atom is -0.339 e. The van der Waals surface area contributed by atoms with Crippen molar-refractivity contribution in [2.45, 2.75) is 38.6 Å². The number of carbonyl (C=O) groups excluding carboxylic acids is 2. The molecule has 0 radical (unpaired) electrons. The van der Waals surface area contributed by atoms with Gasteiger partial charge in [-0.1, -0.05) is 18.2 Å². The Labute approximate surface area is 186 Å². The molecule has 5 rings (SSSR count). The van der Waals surface area contributed by atoms with E-state index in [1.54, 1.807) is 0 Å². The van der Waals surface area contributed by atoms with Crippen LogP contribution in [0, 0.1) is 12.8 Å². The Balaban J connectivity index is 1.17. The number of aryl methyl sites for hydroxylation is 1. The maximum Gasteiger partial charge on any atom is 0.254 e. The summed E-state index contributed by atoms with van der Waals surface area (Å²) >= 11 is 0. The molecule has 0 spiro atoms. The molecule has 32 heavy (non-hydrogen) atoms. The average Bonchev–Trinajstić information content (AvgIpc) is 3.56. The van der Waals surface area contributed by atoms with Crippen LogP contribution in [0.3, 0.4) is 0 Å². The highest BCUT2D eigenvalue weighted by Gasteiger charge is 2.29. The molecule has 1 saturated heterocycles. The number of likely N-dealkylation sites (tertiary alicyclic amines) is 1. The number of rotatable bonds is 5. The first-order valence-corrected chi connectivity index (χ1v) is 11.1. The van der Waals surface area contributed by atoms with Crippen LogP contribution in [-0.4, -0.2) is 50.0 Å². The molecule has 0 atom stereocenters. The van der Waals surface area contributed by atoms with E-state index in [1.807, 2.05) is 65.0 Å². The summed E-state index contributed by atoms with van der Waals surface area (Å²) in [5, 5.41) is 15.0. The van der Waals surface area contributed by atoms with E-state index < -0.39 is 0 Å². The fourth-order valence-electron chi connectivity index (χ4n) is 4.22. The Bertz CT molecular complexity index is 1130. The molecule has 2 amide bonds. The van der Waals surface area contributed by atoms with E-state index in [1.165, 1.54) is 0 Å². The third-order valence-electron chi connectivity index (χ3n) is 6.32. The number of anilines is 1. The maximum atomic E-state index is 12.8. The van der Waals surface area contributed by atoms with Crippen molar-refractivity contribution < 1.29 is 9.59 Å². The molecule has 2 heterocycles. The summed E-state index contributed by atoms with van der Waals surface area (Å²) in [4.78, 5) is 27.4. The van der Waals surface area contributed by atoms with Gasteiger partial charge in [-0.15, -0.1) is 5.10 Å². The molecule has 3 aromatic rings. The molecule has 2 aliphatic rings. The molecule has 2 aromatic carbocycles. The molecular formula is C24H26N6O2. The highest BCUT2D eigenvalue weighted by molar-refractivity contribution is 5.96. The van der Waals surface area contributed by atoms with Gasteiger partial charge in [0.05, 0.1) is 6.04 Å². The molecule has 164 valence electrons. The number of piperidine rings is 1. The van der Waals surface area contributed by atoms with Crippen LogP contribution in [0.4, 0.5) is 5.69 Å². The minimum absolute atomic E-state index is 0.00329. The number of benzene rings is 2. The van der Waals surface area contributed by atoms with Gasteiger partial charge >= 0.3 is 0 Å². The van der Waals surface area contributed by atoms with Crippen LogP contribution >= 0.6 is 0 Å². The lowest BCUT2D eigenvalue weighted by Crippen LogP contribution is -2.41. The number of aromatic nitrogens is 4. The topological polar surface area (TPSA) is 93.0 Å². The van der Waals surface area contributed by atoms with Crippen molar-refractivity contribution in [1.82, 2.24) is 25.1 Å². The number of nitrogens with zero attached hydrogens (tertiary/aromatic N) is 5. The SMILES string of the molecule is Cc1ccccc1C(=O)N1CCC(C(=O)Nc2ccc(-c3nnnn3C3CC3)cc2)CC1. The van der Waals surface area contributed by atoms with E-state index in [-0.39, 0.29) is 17.7 Å². The molecule has 0 bridgehead atoms. The highest BCUT2D eigenvalue weighted by atomic mass is 16.2. The van der Waals surface area contributed by atoms with E-state index in [2.05, 4.69) is 20.8 Å².